The highest BCUT2D eigenvalue weighted by atomic mass is 32.2. The lowest BCUT2D eigenvalue weighted by atomic mass is 10.3. The zero-order chi connectivity index (χ0) is 15.1. The minimum Gasteiger partial charge on any atom is -0.492 e. The number of sulfonamides is 1. The molecule has 5 nitrogen and oxygen atoms in total. The van der Waals surface area contributed by atoms with Gasteiger partial charge < -0.3 is 4.74 Å². The topological polar surface area (TPSA) is 68.3 Å². The number of hydrogen-bond acceptors (Lipinski definition) is 4. The van der Waals surface area contributed by atoms with E-state index in [9.17, 15) is 12.8 Å². The Hall–Kier alpha value is -1.99. The van der Waals surface area contributed by atoms with Gasteiger partial charge >= 0.3 is 0 Å². The minimum absolute atomic E-state index is 0.00267. The molecule has 0 saturated heterocycles. The summed E-state index contributed by atoms with van der Waals surface area (Å²) in [7, 11) is -3.43. The number of hydrogen-bond donors (Lipinski definition) is 1. The number of rotatable bonds is 7. The van der Waals surface area contributed by atoms with Crippen molar-refractivity contribution in [1.29, 1.82) is 0 Å². The molecule has 0 amide bonds. The van der Waals surface area contributed by atoms with Crippen molar-refractivity contribution in [3.8, 4) is 5.75 Å². The second-order valence-electron chi connectivity index (χ2n) is 4.30. The molecule has 21 heavy (non-hydrogen) atoms. The van der Waals surface area contributed by atoms with Crippen LogP contribution >= 0.6 is 0 Å². The summed E-state index contributed by atoms with van der Waals surface area (Å²) in [5, 5.41) is 0. The first kappa shape index (κ1) is 15.4. The van der Waals surface area contributed by atoms with Crippen molar-refractivity contribution in [3.05, 3.63) is 60.2 Å². The molecule has 0 unspecified atom stereocenters. The monoisotopic (exact) mass is 310 g/mol. The van der Waals surface area contributed by atoms with Gasteiger partial charge in [0.25, 0.3) is 0 Å². The molecule has 0 saturated carbocycles. The first-order chi connectivity index (χ1) is 10.1. The van der Waals surface area contributed by atoms with Crippen LogP contribution in [0.1, 0.15) is 5.56 Å². The Labute approximate surface area is 122 Å². The third kappa shape index (κ3) is 5.49. The SMILES string of the molecule is O=S(=O)(CCOc1ccc(F)cc1)NCc1ccncc1. The fourth-order valence-corrected chi connectivity index (χ4v) is 2.40. The molecule has 0 fully saturated rings. The van der Waals surface area contributed by atoms with Crippen molar-refractivity contribution in [3.63, 3.8) is 0 Å². The minimum atomic E-state index is -3.43. The zero-order valence-corrected chi connectivity index (χ0v) is 12.0. The number of halogens is 1. The molecule has 0 aliphatic carbocycles. The Morgan fingerprint density at radius 2 is 1.76 bits per heavy atom. The summed E-state index contributed by atoms with van der Waals surface area (Å²) in [5.41, 5.74) is 0.827. The van der Waals surface area contributed by atoms with E-state index >= 15 is 0 Å². The van der Waals surface area contributed by atoms with Crippen LogP contribution in [-0.4, -0.2) is 25.8 Å². The maximum absolute atomic E-state index is 12.7. The Balaban J connectivity index is 1.77. The predicted molar refractivity (Wildman–Crippen MR) is 76.8 cm³/mol. The van der Waals surface area contributed by atoms with Gasteiger partial charge in [-0.05, 0) is 42.0 Å². The van der Waals surface area contributed by atoms with Crippen LogP contribution in [0.2, 0.25) is 0 Å². The first-order valence-electron chi connectivity index (χ1n) is 6.30. The highest BCUT2D eigenvalue weighted by Crippen LogP contribution is 2.10. The average molecular weight is 310 g/mol. The number of aromatic nitrogens is 1. The normalized spacial score (nSPS) is 11.3. The first-order valence-corrected chi connectivity index (χ1v) is 7.95. The standard InChI is InChI=1S/C14H15FN2O3S/c15-13-1-3-14(4-2-13)20-9-10-21(18,19)17-11-12-5-7-16-8-6-12/h1-8,17H,9-11H2. The molecule has 0 spiro atoms. The molecule has 0 aliphatic heterocycles. The largest absolute Gasteiger partial charge is 0.492 e. The van der Waals surface area contributed by atoms with Gasteiger partial charge in [-0.2, -0.15) is 0 Å². The Morgan fingerprint density at radius 3 is 2.43 bits per heavy atom. The van der Waals surface area contributed by atoms with E-state index in [4.69, 9.17) is 4.74 Å². The number of pyridine rings is 1. The van der Waals surface area contributed by atoms with E-state index in [1.54, 1.807) is 24.5 Å². The summed E-state index contributed by atoms with van der Waals surface area (Å²) in [6, 6.07) is 8.88. The van der Waals surface area contributed by atoms with E-state index in [1.165, 1.54) is 24.3 Å². The van der Waals surface area contributed by atoms with Crippen LogP contribution in [-0.2, 0) is 16.6 Å². The van der Waals surface area contributed by atoms with Gasteiger partial charge in [-0.3, -0.25) is 4.98 Å². The maximum Gasteiger partial charge on any atom is 0.215 e. The predicted octanol–water partition coefficient (Wildman–Crippen LogP) is 1.72. The molecule has 0 radical (unpaired) electrons. The van der Waals surface area contributed by atoms with Crippen LogP contribution in [0.25, 0.3) is 0 Å². The van der Waals surface area contributed by atoms with Crippen LogP contribution in [0.15, 0.2) is 48.8 Å². The molecule has 1 aromatic heterocycles. The van der Waals surface area contributed by atoms with Crippen LogP contribution < -0.4 is 9.46 Å². The van der Waals surface area contributed by atoms with Gasteiger partial charge in [-0.15, -0.1) is 0 Å². The molecule has 112 valence electrons. The van der Waals surface area contributed by atoms with E-state index < -0.39 is 10.0 Å². The highest BCUT2D eigenvalue weighted by Gasteiger charge is 2.10. The molecule has 7 heteroatoms. The van der Waals surface area contributed by atoms with Crippen molar-refractivity contribution >= 4 is 10.0 Å². The fraction of sp³-hybridized carbons (Fsp3) is 0.214. The molecule has 0 bridgehead atoms. The molecule has 0 atom stereocenters. The van der Waals surface area contributed by atoms with Gasteiger partial charge in [0.15, 0.2) is 0 Å². The van der Waals surface area contributed by atoms with Gasteiger partial charge in [0.05, 0.1) is 5.75 Å². The third-order valence-corrected chi connectivity index (χ3v) is 3.97. The summed E-state index contributed by atoms with van der Waals surface area (Å²) in [4.78, 5) is 3.86. The third-order valence-electron chi connectivity index (χ3n) is 2.68. The van der Waals surface area contributed by atoms with Crippen molar-refractivity contribution < 1.29 is 17.5 Å². The number of benzene rings is 1. The second kappa shape index (κ2) is 7.14. The van der Waals surface area contributed by atoms with E-state index in [0.717, 1.165) is 5.56 Å². The number of nitrogens with zero attached hydrogens (tertiary/aromatic N) is 1. The summed E-state index contributed by atoms with van der Waals surface area (Å²) < 4.78 is 44.0. The lowest BCUT2D eigenvalue weighted by Gasteiger charge is -2.08. The highest BCUT2D eigenvalue weighted by molar-refractivity contribution is 7.89. The molecule has 2 rings (SSSR count). The lowest BCUT2D eigenvalue weighted by molar-refractivity contribution is 0.339. The average Bonchev–Trinajstić information content (AvgIpc) is 2.48. The molecular weight excluding hydrogens is 295 g/mol. The Morgan fingerprint density at radius 1 is 1.10 bits per heavy atom. The number of ether oxygens (including phenoxy) is 1. The smallest absolute Gasteiger partial charge is 0.215 e. The second-order valence-corrected chi connectivity index (χ2v) is 6.22. The quantitative estimate of drug-likeness (QED) is 0.845. The Kier molecular flexibility index (Phi) is 5.24. The molecule has 1 heterocycles. The molecule has 1 N–H and O–H groups in total. The number of nitrogens with one attached hydrogen (secondary N) is 1. The van der Waals surface area contributed by atoms with E-state index in [-0.39, 0.29) is 24.7 Å². The van der Waals surface area contributed by atoms with E-state index in [0.29, 0.717) is 5.75 Å². The summed E-state index contributed by atoms with van der Waals surface area (Å²) in [6.07, 6.45) is 3.20. The van der Waals surface area contributed by atoms with Crippen LogP contribution in [0, 0.1) is 5.82 Å². The van der Waals surface area contributed by atoms with E-state index in [1.807, 2.05) is 0 Å². The summed E-state index contributed by atoms with van der Waals surface area (Å²) in [6.45, 7) is 0.207. The zero-order valence-electron chi connectivity index (χ0n) is 11.2. The van der Waals surface area contributed by atoms with Crippen molar-refractivity contribution in [2.24, 2.45) is 0 Å². The molecular formula is C14H15FN2O3S. The molecule has 1 aromatic carbocycles. The van der Waals surface area contributed by atoms with Crippen LogP contribution in [0.4, 0.5) is 4.39 Å². The summed E-state index contributed by atoms with van der Waals surface area (Å²) in [5.74, 6) is -0.107. The van der Waals surface area contributed by atoms with Gasteiger partial charge in [0.1, 0.15) is 18.2 Å². The van der Waals surface area contributed by atoms with Gasteiger partial charge in [0, 0.05) is 18.9 Å². The molecule has 2 aromatic rings. The van der Waals surface area contributed by atoms with Gasteiger partial charge in [-0.1, -0.05) is 0 Å². The van der Waals surface area contributed by atoms with Crippen molar-refractivity contribution in [2.75, 3.05) is 12.4 Å². The van der Waals surface area contributed by atoms with Crippen molar-refractivity contribution in [2.45, 2.75) is 6.54 Å². The maximum atomic E-state index is 12.7. The van der Waals surface area contributed by atoms with Gasteiger partial charge in [0.2, 0.25) is 10.0 Å². The van der Waals surface area contributed by atoms with Gasteiger partial charge in [-0.25, -0.2) is 17.5 Å². The lowest BCUT2D eigenvalue weighted by Crippen LogP contribution is -2.28. The van der Waals surface area contributed by atoms with Crippen molar-refractivity contribution in [1.82, 2.24) is 9.71 Å². The van der Waals surface area contributed by atoms with E-state index in [2.05, 4.69) is 9.71 Å². The Bertz CT molecular complexity index is 660. The fourth-order valence-electron chi connectivity index (χ4n) is 1.57. The van der Waals surface area contributed by atoms with Crippen LogP contribution in [0.5, 0.6) is 5.75 Å². The molecule has 0 aliphatic rings. The van der Waals surface area contributed by atoms with Crippen LogP contribution in [0.3, 0.4) is 0 Å². The summed E-state index contributed by atoms with van der Waals surface area (Å²) >= 11 is 0.